The van der Waals surface area contributed by atoms with Crippen LogP contribution in [0.2, 0.25) is 0 Å². The van der Waals surface area contributed by atoms with Crippen LogP contribution >= 0.6 is 23.1 Å². The van der Waals surface area contributed by atoms with Gasteiger partial charge in [0.25, 0.3) is 0 Å². The van der Waals surface area contributed by atoms with E-state index in [9.17, 15) is 0 Å². The molecule has 0 radical (unpaired) electrons. The molecule has 0 fully saturated rings. The number of nitrogens with one attached hydrogen (secondary N) is 1. The molecule has 1 heterocycles. The van der Waals surface area contributed by atoms with Gasteiger partial charge in [-0.15, -0.1) is 23.1 Å². The number of thioether (sulfide) groups is 1. The van der Waals surface area contributed by atoms with E-state index in [1.54, 1.807) is 11.3 Å². The first-order chi connectivity index (χ1) is 8.38. The highest BCUT2D eigenvalue weighted by Gasteiger charge is 1.99. The van der Waals surface area contributed by atoms with Gasteiger partial charge < -0.3 is 5.32 Å². The quantitative estimate of drug-likeness (QED) is 0.808. The molecule has 0 spiro atoms. The van der Waals surface area contributed by atoms with E-state index in [0.29, 0.717) is 0 Å². The van der Waals surface area contributed by atoms with Gasteiger partial charge >= 0.3 is 0 Å². The Bertz CT molecular complexity index is 440. The van der Waals surface area contributed by atoms with Crippen molar-refractivity contribution in [3.05, 3.63) is 46.4 Å². The minimum Gasteiger partial charge on any atom is -0.313 e. The fourth-order valence-electron chi connectivity index (χ4n) is 1.48. The monoisotopic (exact) mass is 264 g/mol. The summed E-state index contributed by atoms with van der Waals surface area (Å²) >= 11 is 3.50. The van der Waals surface area contributed by atoms with Gasteiger partial charge in [-0.2, -0.15) is 0 Å². The molecule has 2 aromatic rings. The van der Waals surface area contributed by atoms with Crippen LogP contribution in [0.1, 0.15) is 18.2 Å². The van der Waals surface area contributed by atoms with Gasteiger partial charge in [-0.1, -0.05) is 19.1 Å². The largest absolute Gasteiger partial charge is 0.313 e. The van der Waals surface area contributed by atoms with E-state index in [2.05, 4.69) is 46.9 Å². The average Bonchev–Trinajstić information content (AvgIpc) is 2.87. The molecule has 0 unspecified atom stereocenters. The Labute approximate surface area is 110 Å². The number of rotatable bonds is 6. The van der Waals surface area contributed by atoms with Crippen LogP contribution in [-0.4, -0.2) is 11.5 Å². The Morgan fingerprint density at radius 3 is 3.12 bits per heavy atom. The van der Waals surface area contributed by atoms with E-state index in [-0.39, 0.29) is 0 Å². The lowest BCUT2D eigenvalue weighted by atomic mass is 10.2. The lowest BCUT2D eigenvalue weighted by molar-refractivity contribution is 0.725. The topological polar surface area (TPSA) is 24.9 Å². The summed E-state index contributed by atoms with van der Waals surface area (Å²) in [6, 6.07) is 8.69. The summed E-state index contributed by atoms with van der Waals surface area (Å²) < 4.78 is 0. The van der Waals surface area contributed by atoms with Gasteiger partial charge in [-0.3, -0.25) is 0 Å². The third-order valence-electron chi connectivity index (χ3n) is 2.35. The van der Waals surface area contributed by atoms with Crippen LogP contribution in [0.4, 0.5) is 0 Å². The van der Waals surface area contributed by atoms with Gasteiger partial charge in [-0.25, -0.2) is 4.98 Å². The molecule has 0 saturated carbocycles. The fourth-order valence-corrected chi connectivity index (χ4v) is 3.03. The van der Waals surface area contributed by atoms with Gasteiger partial charge in [0, 0.05) is 22.6 Å². The third-order valence-corrected chi connectivity index (χ3v) is 4.01. The first kappa shape index (κ1) is 12.6. The van der Waals surface area contributed by atoms with E-state index < -0.39 is 0 Å². The smallest absolute Gasteiger partial charge is 0.0795 e. The zero-order valence-electron chi connectivity index (χ0n) is 9.85. The summed E-state index contributed by atoms with van der Waals surface area (Å²) in [7, 11) is 0. The Hall–Kier alpha value is -0.840. The minimum absolute atomic E-state index is 0.946. The van der Waals surface area contributed by atoms with Gasteiger partial charge in [-0.05, 0) is 24.2 Å². The molecule has 1 N–H and O–H groups in total. The van der Waals surface area contributed by atoms with Gasteiger partial charge in [0.1, 0.15) is 0 Å². The van der Waals surface area contributed by atoms with E-state index in [0.717, 1.165) is 24.5 Å². The zero-order valence-corrected chi connectivity index (χ0v) is 11.5. The van der Waals surface area contributed by atoms with Crippen molar-refractivity contribution in [2.45, 2.75) is 24.1 Å². The molecule has 17 heavy (non-hydrogen) atoms. The summed E-state index contributed by atoms with van der Waals surface area (Å²) in [5.41, 5.74) is 4.39. The predicted octanol–water partition coefficient (Wildman–Crippen LogP) is 3.54. The second kappa shape index (κ2) is 6.79. The molecule has 0 bridgehead atoms. The van der Waals surface area contributed by atoms with Crippen molar-refractivity contribution in [1.29, 1.82) is 0 Å². The van der Waals surface area contributed by atoms with Crippen LogP contribution < -0.4 is 5.32 Å². The molecule has 90 valence electrons. The van der Waals surface area contributed by atoms with Gasteiger partial charge in [0.15, 0.2) is 0 Å². The second-order valence-corrected chi connectivity index (χ2v) is 5.46. The van der Waals surface area contributed by atoms with Crippen LogP contribution in [0, 0.1) is 0 Å². The molecular weight excluding hydrogens is 248 g/mol. The van der Waals surface area contributed by atoms with Crippen molar-refractivity contribution < 1.29 is 0 Å². The molecule has 0 aliphatic carbocycles. The highest BCUT2D eigenvalue weighted by atomic mass is 32.2. The molecule has 0 atom stereocenters. The van der Waals surface area contributed by atoms with Crippen LogP contribution in [0.25, 0.3) is 0 Å². The van der Waals surface area contributed by atoms with E-state index in [4.69, 9.17) is 0 Å². The molecular formula is C13H16N2S2. The molecule has 1 aromatic heterocycles. The van der Waals surface area contributed by atoms with Crippen molar-refractivity contribution in [1.82, 2.24) is 10.3 Å². The van der Waals surface area contributed by atoms with Crippen molar-refractivity contribution >= 4 is 23.1 Å². The standard InChI is InChI=1S/C13H16N2S2/c1-2-14-7-11-4-3-5-13(6-11)17-9-12-8-16-10-15-12/h3-6,8,10,14H,2,7,9H2,1H3. The van der Waals surface area contributed by atoms with Crippen molar-refractivity contribution in [2.24, 2.45) is 0 Å². The van der Waals surface area contributed by atoms with Crippen molar-refractivity contribution in [2.75, 3.05) is 6.54 Å². The zero-order chi connectivity index (χ0) is 11.9. The number of aromatic nitrogens is 1. The average molecular weight is 264 g/mol. The first-order valence-corrected chi connectivity index (χ1v) is 7.61. The summed E-state index contributed by atoms with van der Waals surface area (Å²) in [6.07, 6.45) is 0. The number of benzene rings is 1. The van der Waals surface area contributed by atoms with Gasteiger partial charge in [0.05, 0.1) is 11.2 Å². The fraction of sp³-hybridized carbons (Fsp3) is 0.308. The number of thiazole rings is 1. The summed E-state index contributed by atoms with van der Waals surface area (Å²) in [6.45, 7) is 4.08. The maximum Gasteiger partial charge on any atom is 0.0795 e. The third kappa shape index (κ3) is 4.15. The molecule has 0 saturated heterocycles. The minimum atomic E-state index is 0.946. The lowest BCUT2D eigenvalue weighted by Crippen LogP contribution is -2.11. The summed E-state index contributed by atoms with van der Waals surface area (Å²) in [5.74, 6) is 0.953. The number of nitrogens with zero attached hydrogens (tertiary/aromatic N) is 1. The molecule has 2 rings (SSSR count). The summed E-state index contributed by atoms with van der Waals surface area (Å²) in [4.78, 5) is 5.60. The second-order valence-electron chi connectivity index (χ2n) is 3.70. The molecule has 1 aromatic carbocycles. The maximum atomic E-state index is 4.29. The highest BCUT2D eigenvalue weighted by Crippen LogP contribution is 2.23. The number of hydrogen-bond donors (Lipinski definition) is 1. The predicted molar refractivity (Wildman–Crippen MR) is 75.5 cm³/mol. The maximum absolute atomic E-state index is 4.29. The van der Waals surface area contributed by atoms with E-state index >= 15 is 0 Å². The normalized spacial score (nSPS) is 10.6. The highest BCUT2D eigenvalue weighted by molar-refractivity contribution is 7.98. The Morgan fingerprint density at radius 2 is 2.35 bits per heavy atom. The van der Waals surface area contributed by atoms with E-state index in [1.165, 1.54) is 10.5 Å². The van der Waals surface area contributed by atoms with Gasteiger partial charge in [0.2, 0.25) is 0 Å². The first-order valence-electron chi connectivity index (χ1n) is 5.68. The Kier molecular flexibility index (Phi) is 5.04. The molecule has 4 heteroatoms. The van der Waals surface area contributed by atoms with Crippen LogP contribution in [0.15, 0.2) is 40.1 Å². The molecule has 2 nitrogen and oxygen atoms in total. The number of hydrogen-bond acceptors (Lipinski definition) is 4. The lowest BCUT2D eigenvalue weighted by Gasteiger charge is -2.05. The summed E-state index contributed by atoms with van der Waals surface area (Å²) in [5, 5.41) is 5.45. The Morgan fingerprint density at radius 1 is 1.41 bits per heavy atom. The SMILES string of the molecule is CCNCc1cccc(SCc2cscn2)c1. The van der Waals surface area contributed by atoms with Crippen LogP contribution in [0.3, 0.4) is 0 Å². The van der Waals surface area contributed by atoms with E-state index in [1.807, 2.05) is 17.3 Å². The van der Waals surface area contributed by atoms with Crippen LogP contribution in [-0.2, 0) is 12.3 Å². The molecule has 0 aliphatic heterocycles. The molecule has 0 amide bonds. The van der Waals surface area contributed by atoms with Crippen molar-refractivity contribution in [3.8, 4) is 0 Å². The molecule has 0 aliphatic rings. The van der Waals surface area contributed by atoms with Crippen molar-refractivity contribution in [3.63, 3.8) is 0 Å². The Balaban J connectivity index is 1.91. The van der Waals surface area contributed by atoms with Crippen LogP contribution in [0.5, 0.6) is 0 Å².